The van der Waals surface area contributed by atoms with Crippen LogP contribution in [0.25, 0.3) is 6.08 Å². The van der Waals surface area contributed by atoms with E-state index < -0.39 is 18.0 Å². The van der Waals surface area contributed by atoms with Crippen molar-refractivity contribution in [2.75, 3.05) is 33.5 Å². The van der Waals surface area contributed by atoms with E-state index in [9.17, 15) is 14.4 Å². The summed E-state index contributed by atoms with van der Waals surface area (Å²) in [6.45, 7) is 7.80. The number of carbonyl (C=O) groups is 2. The van der Waals surface area contributed by atoms with Crippen LogP contribution in [-0.4, -0.2) is 50.0 Å². The minimum atomic E-state index is -0.856. The van der Waals surface area contributed by atoms with Gasteiger partial charge in [-0.15, -0.1) is 0 Å². The Morgan fingerprint density at radius 2 is 1.70 bits per heavy atom. The summed E-state index contributed by atoms with van der Waals surface area (Å²) in [5, 5.41) is 0. The first-order valence-electron chi connectivity index (χ1n) is 13.4. The molecule has 1 aromatic heterocycles. The van der Waals surface area contributed by atoms with Gasteiger partial charge in [-0.3, -0.25) is 9.36 Å². The fourth-order valence-electron chi connectivity index (χ4n) is 4.48. The lowest BCUT2D eigenvalue weighted by Crippen LogP contribution is -2.40. The van der Waals surface area contributed by atoms with Crippen LogP contribution in [0.5, 0.6) is 17.2 Å². The van der Waals surface area contributed by atoms with Gasteiger partial charge in [0.1, 0.15) is 5.75 Å². The second-order valence-corrected chi connectivity index (χ2v) is 11.8. The van der Waals surface area contributed by atoms with E-state index in [1.165, 1.54) is 23.0 Å². The molecule has 3 aromatic rings. The molecule has 10 nitrogen and oxygen atoms in total. The van der Waals surface area contributed by atoms with E-state index in [4.69, 9.17) is 18.9 Å². The van der Waals surface area contributed by atoms with Crippen molar-refractivity contribution in [3.05, 3.63) is 81.4 Å². The van der Waals surface area contributed by atoms with Crippen molar-refractivity contribution in [2.24, 2.45) is 4.99 Å². The van der Waals surface area contributed by atoms with Crippen LogP contribution in [0.15, 0.2) is 60.3 Å². The van der Waals surface area contributed by atoms with Gasteiger partial charge in [-0.25, -0.2) is 14.6 Å². The number of esters is 2. The fourth-order valence-corrected chi connectivity index (χ4v) is 6.98. The predicted molar refractivity (Wildman–Crippen MR) is 169 cm³/mol. The quantitative estimate of drug-likeness (QED) is 0.261. The maximum atomic E-state index is 14.0. The summed E-state index contributed by atoms with van der Waals surface area (Å²) >= 11 is 8.30. The lowest BCUT2D eigenvalue weighted by Gasteiger charge is -2.25. The average molecular weight is 738 g/mol. The number of fused-ring (bicyclic) bond motifs is 1. The van der Waals surface area contributed by atoms with E-state index in [1.807, 2.05) is 26.0 Å². The topological polar surface area (TPSA) is 115 Å². The van der Waals surface area contributed by atoms with Crippen molar-refractivity contribution < 1.29 is 33.3 Å². The number of allylic oxidation sites excluding steroid dienone is 1. The highest BCUT2D eigenvalue weighted by atomic mass is 79.9. The first-order valence-corrected chi connectivity index (χ1v) is 15.8. The SMILES string of the molecule is CCOC(=O)C1=C(C)N=c2s/c(=C\c3cc(Br)c(OCC)c(Br)c3)c(=O)n2[C@H]1c1ccc(OCC(=O)OC)c(OCC)c1. The first-order chi connectivity index (χ1) is 20.6. The van der Waals surface area contributed by atoms with Crippen molar-refractivity contribution in [3.63, 3.8) is 0 Å². The Balaban J connectivity index is 1.89. The molecule has 1 aliphatic rings. The molecule has 0 fully saturated rings. The highest BCUT2D eigenvalue weighted by molar-refractivity contribution is 9.11. The molecule has 2 heterocycles. The number of rotatable bonds is 11. The van der Waals surface area contributed by atoms with Crippen LogP contribution in [0, 0.1) is 0 Å². The van der Waals surface area contributed by atoms with Crippen molar-refractivity contribution in [1.29, 1.82) is 0 Å². The Hall–Kier alpha value is -3.42. The summed E-state index contributed by atoms with van der Waals surface area (Å²) in [6.07, 6.45) is 1.77. The van der Waals surface area contributed by atoms with E-state index in [0.29, 0.717) is 51.1 Å². The Kier molecular flexibility index (Phi) is 10.9. The number of thiazole rings is 1. The van der Waals surface area contributed by atoms with Crippen LogP contribution in [0.3, 0.4) is 0 Å². The molecule has 0 bridgehead atoms. The summed E-state index contributed by atoms with van der Waals surface area (Å²) in [6, 6.07) is 7.91. The maximum absolute atomic E-state index is 14.0. The van der Waals surface area contributed by atoms with Crippen LogP contribution in [-0.2, 0) is 19.1 Å². The number of methoxy groups -OCH3 is 1. The Labute approximate surface area is 268 Å². The number of nitrogens with zero attached hydrogens (tertiary/aromatic N) is 2. The Bertz CT molecular complexity index is 1740. The molecule has 0 aliphatic carbocycles. The summed E-state index contributed by atoms with van der Waals surface area (Å²) in [5.74, 6) is 0.196. The van der Waals surface area contributed by atoms with Gasteiger partial charge in [0.2, 0.25) is 0 Å². The third-order valence-corrected chi connectivity index (χ3v) is 8.44. The molecule has 2 aromatic carbocycles. The number of benzene rings is 2. The third kappa shape index (κ3) is 7.05. The monoisotopic (exact) mass is 736 g/mol. The molecule has 1 atom stereocenters. The van der Waals surface area contributed by atoms with E-state index in [0.717, 1.165) is 14.5 Å². The highest BCUT2D eigenvalue weighted by Gasteiger charge is 2.34. The number of hydrogen-bond acceptors (Lipinski definition) is 10. The summed E-state index contributed by atoms with van der Waals surface area (Å²) in [4.78, 5) is 44.0. The normalized spacial score (nSPS) is 14.6. The van der Waals surface area contributed by atoms with Crippen molar-refractivity contribution >= 4 is 61.2 Å². The number of carbonyl (C=O) groups excluding carboxylic acids is 2. The van der Waals surface area contributed by atoms with Crippen LogP contribution < -0.4 is 29.1 Å². The van der Waals surface area contributed by atoms with E-state index in [2.05, 4.69) is 41.6 Å². The van der Waals surface area contributed by atoms with Gasteiger partial charge >= 0.3 is 11.9 Å². The largest absolute Gasteiger partial charge is 0.492 e. The molecule has 43 heavy (non-hydrogen) atoms. The molecule has 0 saturated carbocycles. The zero-order chi connectivity index (χ0) is 31.3. The molecule has 228 valence electrons. The summed E-state index contributed by atoms with van der Waals surface area (Å²) in [7, 11) is 1.27. The van der Waals surface area contributed by atoms with Crippen molar-refractivity contribution in [2.45, 2.75) is 33.7 Å². The van der Waals surface area contributed by atoms with Crippen molar-refractivity contribution in [1.82, 2.24) is 4.57 Å². The molecular formula is C30H30Br2N2O8S. The highest BCUT2D eigenvalue weighted by Crippen LogP contribution is 2.37. The van der Waals surface area contributed by atoms with Crippen LogP contribution >= 0.6 is 43.2 Å². The zero-order valence-corrected chi connectivity index (χ0v) is 28.2. The molecule has 0 spiro atoms. The maximum Gasteiger partial charge on any atom is 0.343 e. The fraction of sp³-hybridized carbons (Fsp3) is 0.333. The van der Waals surface area contributed by atoms with Gasteiger partial charge in [0.25, 0.3) is 5.56 Å². The molecule has 4 rings (SSSR count). The lowest BCUT2D eigenvalue weighted by atomic mass is 9.95. The molecule has 0 N–H and O–H groups in total. The molecule has 13 heteroatoms. The Morgan fingerprint density at radius 3 is 2.33 bits per heavy atom. The number of ether oxygens (including phenoxy) is 5. The minimum Gasteiger partial charge on any atom is -0.492 e. The van der Waals surface area contributed by atoms with E-state index in [-0.39, 0.29) is 24.3 Å². The van der Waals surface area contributed by atoms with Crippen LogP contribution in [0.4, 0.5) is 0 Å². The first kappa shape index (κ1) is 32.5. The Morgan fingerprint density at radius 1 is 1.00 bits per heavy atom. The van der Waals surface area contributed by atoms with Gasteiger partial charge in [0, 0.05) is 0 Å². The molecule has 0 radical (unpaired) electrons. The van der Waals surface area contributed by atoms with Crippen molar-refractivity contribution in [3.8, 4) is 17.2 Å². The van der Waals surface area contributed by atoms with Crippen LogP contribution in [0.1, 0.15) is 44.9 Å². The molecule has 0 unspecified atom stereocenters. The third-order valence-electron chi connectivity index (χ3n) is 6.28. The number of halogens is 2. The second-order valence-electron chi connectivity index (χ2n) is 9.05. The van der Waals surface area contributed by atoms with Gasteiger partial charge in [-0.1, -0.05) is 17.4 Å². The molecule has 0 saturated heterocycles. The minimum absolute atomic E-state index is 0.152. The van der Waals surface area contributed by atoms with Gasteiger partial charge in [0.05, 0.1) is 57.7 Å². The van der Waals surface area contributed by atoms with Gasteiger partial charge in [0.15, 0.2) is 22.9 Å². The van der Waals surface area contributed by atoms with Gasteiger partial charge in [-0.2, -0.15) is 0 Å². The van der Waals surface area contributed by atoms with E-state index in [1.54, 1.807) is 38.1 Å². The predicted octanol–water partition coefficient (Wildman–Crippen LogP) is 4.67. The lowest BCUT2D eigenvalue weighted by molar-refractivity contribution is -0.143. The molecular weight excluding hydrogens is 708 g/mol. The van der Waals surface area contributed by atoms with E-state index >= 15 is 0 Å². The number of hydrogen-bond donors (Lipinski definition) is 0. The smallest absolute Gasteiger partial charge is 0.343 e. The molecule has 1 aliphatic heterocycles. The average Bonchev–Trinajstić information content (AvgIpc) is 3.27. The second kappa shape index (κ2) is 14.4. The molecule has 0 amide bonds. The summed E-state index contributed by atoms with van der Waals surface area (Å²) < 4.78 is 30.6. The van der Waals surface area contributed by atoms with Gasteiger partial charge < -0.3 is 23.7 Å². The summed E-state index contributed by atoms with van der Waals surface area (Å²) in [5.41, 5.74) is 1.68. The van der Waals surface area contributed by atoms with Gasteiger partial charge in [-0.05, 0) is 101 Å². The zero-order valence-electron chi connectivity index (χ0n) is 24.2. The van der Waals surface area contributed by atoms with Crippen LogP contribution in [0.2, 0.25) is 0 Å². The number of aromatic nitrogens is 1. The standard InChI is InChI=1S/C30H30Br2N2O8S/c1-6-39-22-14-18(9-10-21(22)42-15-24(35)38-5)26-25(29(37)41-8-3)16(4)33-30-34(26)28(36)23(43-30)13-17-11-19(31)27(40-7-2)20(32)12-17/h9-14,26H,6-8,15H2,1-5H3/b23-13-/t26-/m0/s1.